The van der Waals surface area contributed by atoms with Crippen molar-refractivity contribution in [3.63, 3.8) is 0 Å². The van der Waals surface area contributed by atoms with Gasteiger partial charge in [-0.15, -0.1) is 12.4 Å². The molecule has 10 heteroatoms. The molecular formula is C15H25ClN6O3. The Morgan fingerprint density at radius 2 is 2.12 bits per heavy atom. The molecule has 140 valence electrons. The molecule has 1 N–H and O–H groups in total. The lowest BCUT2D eigenvalue weighted by molar-refractivity contribution is 0.199. The third-order valence-corrected chi connectivity index (χ3v) is 4.30. The third-order valence-electron chi connectivity index (χ3n) is 4.30. The zero-order chi connectivity index (χ0) is 16.9. The first kappa shape index (κ1) is 19.6. The van der Waals surface area contributed by atoms with E-state index in [0.717, 1.165) is 31.8 Å². The van der Waals surface area contributed by atoms with E-state index in [1.807, 2.05) is 6.92 Å². The average molecular weight is 373 g/mol. The highest BCUT2D eigenvalue weighted by atomic mass is 35.5. The molecule has 0 aliphatic carbocycles. The van der Waals surface area contributed by atoms with Gasteiger partial charge in [0, 0.05) is 26.0 Å². The Balaban J connectivity index is 0.00000225. The second kappa shape index (κ2) is 9.12. The molecule has 0 unspecified atom stereocenters. The van der Waals surface area contributed by atoms with Crippen LogP contribution in [-0.4, -0.2) is 51.3 Å². The van der Waals surface area contributed by atoms with Crippen molar-refractivity contribution >= 4 is 12.4 Å². The van der Waals surface area contributed by atoms with Gasteiger partial charge >= 0.3 is 5.69 Å². The van der Waals surface area contributed by atoms with Gasteiger partial charge in [-0.3, -0.25) is 4.57 Å². The number of rotatable bonds is 7. The van der Waals surface area contributed by atoms with Gasteiger partial charge < -0.3 is 14.6 Å². The molecule has 9 nitrogen and oxygen atoms in total. The fourth-order valence-corrected chi connectivity index (χ4v) is 3.02. The summed E-state index contributed by atoms with van der Waals surface area (Å²) in [7, 11) is 1.63. The molecular weight excluding hydrogens is 348 g/mol. The van der Waals surface area contributed by atoms with Crippen molar-refractivity contribution in [2.24, 2.45) is 0 Å². The summed E-state index contributed by atoms with van der Waals surface area (Å²) in [5.41, 5.74) is -0.123. The molecule has 1 aliphatic heterocycles. The molecule has 3 heterocycles. The fourth-order valence-electron chi connectivity index (χ4n) is 3.02. The zero-order valence-electron chi connectivity index (χ0n) is 14.6. The Morgan fingerprint density at radius 1 is 1.36 bits per heavy atom. The summed E-state index contributed by atoms with van der Waals surface area (Å²) in [6, 6.07) is 0. The Bertz CT molecular complexity index is 719. The molecule has 0 bridgehead atoms. The van der Waals surface area contributed by atoms with Crippen molar-refractivity contribution in [3.8, 4) is 0 Å². The van der Waals surface area contributed by atoms with Gasteiger partial charge in [-0.25, -0.2) is 9.48 Å². The molecule has 0 saturated carbocycles. The van der Waals surface area contributed by atoms with E-state index in [1.165, 1.54) is 4.68 Å². The molecule has 2 aromatic heterocycles. The second-order valence-electron chi connectivity index (χ2n) is 5.91. The van der Waals surface area contributed by atoms with Crippen molar-refractivity contribution in [2.45, 2.75) is 45.2 Å². The van der Waals surface area contributed by atoms with Crippen molar-refractivity contribution in [1.82, 2.24) is 29.8 Å². The van der Waals surface area contributed by atoms with Crippen LogP contribution in [0.25, 0.3) is 0 Å². The minimum Gasteiger partial charge on any atom is -0.384 e. The van der Waals surface area contributed by atoms with Crippen LogP contribution in [0.15, 0.2) is 9.32 Å². The lowest BCUT2D eigenvalue weighted by Crippen LogP contribution is -2.29. The molecule has 0 atom stereocenters. The quantitative estimate of drug-likeness (QED) is 0.758. The summed E-state index contributed by atoms with van der Waals surface area (Å²) in [4.78, 5) is 16.9. The molecule has 1 aliphatic rings. The third kappa shape index (κ3) is 4.47. The second-order valence-corrected chi connectivity index (χ2v) is 5.91. The minimum atomic E-state index is -0.123. The van der Waals surface area contributed by atoms with Gasteiger partial charge in [0.2, 0.25) is 5.89 Å². The largest absolute Gasteiger partial charge is 0.384 e. The van der Waals surface area contributed by atoms with E-state index >= 15 is 0 Å². The van der Waals surface area contributed by atoms with Gasteiger partial charge in [0.25, 0.3) is 0 Å². The van der Waals surface area contributed by atoms with E-state index in [4.69, 9.17) is 9.26 Å². The molecule has 2 aromatic rings. The topological polar surface area (TPSA) is 100 Å². The maximum absolute atomic E-state index is 12.6. The predicted molar refractivity (Wildman–Crippen MR) is 93.2 cm³/mol. The van der Waals surface area contributed by atoms with Gasteiger partial charge in [0.15, 0.2) is 5.82 Å². The first-order valence-electron chi connectivity index (χ1n) is 8.41. The van der Waals surface area contributed by atoms with Crippen LogP contribution in [0.1, 0.15) is 43.2 Å². The summed E-state index contributed by atoms with van der Waals surface area (Å²) in [6.07, 6.45) is 2.58. The lowest BCUT2D eigenvalue weighted by atomic mass is 9.97. The highest BCUT2D eigenvalue weighted by Crippen LogP contribution is 2.22. The Hall–Kier alpha value is -1.71. The monoisotopic (exact) mass is 372 g/mol. The average Bonchev–Trinajstić information content (AvgIpc) is 3.19. The van der Waals surface area contributed by atoms with Crippen LogP contribution in [0.2, 0.25) is 0 Å². The number of hydrogen-bond donors (Lipinski definition) is 1. The van der Waals surface area contributed by atoms with E-state index < -0.39 is 0 Å². The van der Waals surface area contributed by atoms with Gasteiger partial charge in [0.05, 0.1) is 6.61 Å². The highest BCUT2D eigenvalue weighted by Gasteiger charge is 2.24. The first-order valence-corrected chi connectivity index (χ1v) is 8.41. The van der Waals surface area contributed by atoms with Crippen molar-refractivity contribution in [1.29, 1.82) is 0 Å². The van der Waals surface area contributed by atoms with Crippen LogP contribution in [0.4, 0.5) is 0 Å². The van der Waals surface area contributed by atoms with Crippen molar-refractivity contribution in [2.75, 3.05) is 26.8 Å². The van der Waals surface area contributed by atoms with Crippen molar-refractivity contribution < 1.29 is 9.26 Å². The maximum atomic E-state index is 12.6. The van der Waals surface area contributed by atoms with Crippen LogP contribution in [-0.2, 0) is 24.2 Å². The number of methoxy groups -OCH3 is 1. The van der Waals surface area contributed by atoms with Crippen LogP contribution in [0.5, 0.6) is 0 Å². The van der Waals surface area contributed by atoms with E-state index in [2.05, 4.69) is 20.6 Å². The summed E-state index contributed by atoms with van der Waals surface area (Å²) in [5, 5.41) is 11.8. The molecule has 1 saturated heterocycles. The predicted octanol–water partition coefficient (Wildman–Crippen LogP) is 0.574. The van der Waals surface area contributed by atoms with E-state index in [0.29, 0.717) is 37.2 Å². The number of halogens is 1. The summed E-state index contributed by atoms with van der Waals surface area (Å²) in [6.45, 7) is 5.23. The number of ether oxygens (including phenoxy) is 1. The van der Waals surface area contributed by atoms with Gasteiger partial charge in [-0.1, -0.05) is 5.16 Å². The Kier molecular flexibility index (Phi) is 7.15. The lowest BCUT2D eigenvalue weighted by Gasteiger charge is -2.21. The normalized spacial score (nSPS) is 15.3. The number of nitrogens with one attached hydrogen (secondary N) is 1. The summed E-state index contributed by atoms with van der Waals surface area (Å²) in [5.74, 6) is 2.15. The molecule has 1 fully saturated rings. The molecule has 3 rings (SSSR count). The number of hydrogen-bond acceptors (Lipinski definition) is 7. The van der Waals surface area contributed by atoms with E-state index in [9.17, 15) is 4.79 Å². The molecule has 0 radical (unpaired) electrons. The van der Waals surface area contributed by atoms with Crippen LogP contribution >= 0.6 is 12.4 Å². The van der Waals surface area contributed by atoms with Crippen LogP contribution < -0.4 is 11.0 Å². The Morgan fingerprint density at radius 3 is 2.80 bits per heavy atom. The SMILES string of the molecule is CCn1c(C2CCNCC2)nn(Cc2nc(CCOC)no2)c1=O.Cl. The molecule has 0 aromatic carbocycles. The van der Waals surface area contributed by atoms with Gasteiger partial charge in [-0.2, -0.15) is 10.1 Å². The fraction of sp³-hybridized carbons (Fsp3) is 0.733. The maximum Gasteiger partial charge on any atom is 0.346 e. The molecule has 0 spiro atoms. The van der Waals surface area contributed by atoms with Crippen LogP contribution in [0, 0.1) is 0 Å². The first-order chi connectivity index (χ1) is 11.7. The highest BCUT2D eigenvalue weighted by molar-refractivity contribution is 5.85. The molecule has 0 amide bonds. The van der Waals surface area contributed by atoms with E-state index in [1.54, 1.807) is 11.7 Å². The molecule has 25 heavy (non-hydrogen) atoms. The Labute approximate surface area is 152 Å². The van der Waals surface area contributed by atoms with Crippen molar-refractivity contribution in [3.05, 3.63) is 28.0 Å². The van der Waals surface area contributed by atoms with Gasteiger partial charge in [0.1, 0.15) is 12.4 Å². The smallest absolute Gasteiger partial charge is 0.346 e. The zero-order valence-corrected chi connectivity index (χ0v) is 15.4. The summed E-state index contributed by atoms with van der Waals surface area (Å²) >= 11 is 0. The minimum absolute atomic E-state index is 0. The standard InChI is InChI=1S/C15H24N6O3.ClH/c1-3-20-14(11-4-7-16-8-5-11)18-21(15(20)22)10-13-17-12(19-24-13)6-9-23-2;/h11,16H,3-10H2,1-2H3;1H. The number of piperidine rings is 1. The number of aromatic nitrogens is 5. The summed E-state index contributed by atoms with van der Waals surface area (Å²) < 4.78 is 13.4. The number of nitrogens with zero attached hydrogens (tertiary/aromatic N) is 5. The van der Waals surface area contributed by atoms with Gasteiger partial charge in [-0.05, 0) is 32.9 Å². The van der Waals surface area contributed by atoms with E-state index in [-0.39, 0.29) is 24.6 Å². The van der Waals surface area contributed by atoms with Crippen LogP contribution in [0.3, 0.4) is 0 Å².